The van der Waals surface area contributed by atoms with Gasteiger partial charge in [-0.15, -0.1) is 22.9 Å². The van der Waals surface area contributed by atoms with Crippen molar-refractivity contribution in [1.29, 1.82) is 0 Å². The van der Waals surface area contributed by atoms with Gasteiger partial charge in [0.15, 0.2) is 0 Å². The molecule has 1 rings (SSSR count). The van der Waals surface area contributed by atoms with Gasteiger partial charge in [-0.1, -0.05) is 0 Å². The van der Waals surface area contributed by atoms with Gasteiger partial charge in [-0.25, -0.2) is 9.78 Å². The molecular weight excluding hydrogens is 266 g/mol. The van der Waals surface area contributed by atoms with E-state index in [1.165, 1.54) is 6.20 Å². The highest BCUT2D eigenvalue weighted by Crippen LogP contribution is 2.24. The fourth-order valence-electron chi connectivity index (χ4n) is 1.16. The van der Waals surface area contributed by atoms with Crippen LogP contribution in [0.25, 0.3) is 0 Å². The van der Waals surface area contributed by atoms with E-state index >= 15 is 0 Å². The van der Waals surface area contributed by atoms with Crippen LogP contribution in [0, 0.1) is 0 Å². The van der Waals surface area contributed by atoms with Crippen LogP contribution < -0.4 is 0 Å². The fourth-order valence-corrected chi connectivity index (χ4v) is 2.23. The molecule has 17 heavy (non-hydrogen) atoms. The first kappa shape index (κ1) is 14.4. The van der Waals surface area contributed by atoms with Crippen molar-refractivity contribution >= 4 is 28.9 Å². The van der Waals surface area contributed by atoms with Gasteiger partial charge in [0, 0.05) is 5.88 Å². The number of aliphatic hydroxyl groups excluding tert-OH is 2. The lowest BCUT2D eigenvalue weighted by Crippen LogP contribution is -2.18. The molecule has 2 atom stereocenters. The summed E-state index contributed by atoms with van der Waals surface area (Å²) in [6.45, 7) is 1.99. The second-order valence-corrected chi connectivity index (χ2v) is 4.71. The third-order valence-corrected chi connectivity index (χ3v) is 3.29. The normalized spacial score (nSPS) is 14.4. The number of halogens is 1. The summed E-state index contributed by atoms with van der Waals surface area (Å²) >= 11 is 6.47. The quantitative estimate of drug-likeness (QED) is 0.607. The summed E-state index contributed by atoms with van der Waals surface area (Å²) in [5.74, 6) is -0.232. The van der Waals surface area contributed by atoms with Crippen molar-refractivity contribution in [3.63, 3.8) is 0 Å². The van der Waals surface area contributed by atoms with Crippen LogP contribution in [-0.4, -0.2) is 39.8 Å². The van der Waals surface area contributed by atoms with E-state index in [9.17, 15) is 15.0 Å². The third-order valence-electron chi connectivity index (χ3n) is 2.02. The highest BCUT2D eigenvalue weighted by Gasteiger charge is 2.22. The molecule has 0 aliphatic heterocycles. The van der Waals surface area contributed by atoms with Gasteiger partial charge in [-0.3, -0.25) is 0 Å². The van der Waals surface area contributed by atoms with Gasteiger partial charge in [0.05, 0.1) is 18.9 Å². The average Bonchev–Trinajstić information content (AvgIpc) is 2.78. The zero-order valence-electron chi connectivity index (χ0n) is 9.30. The number of rotatable bonds is 6. The van der Waals surface area contributed by atoms with Crippen molar-refractivity contribution in [1.82, 2.24) is 4.98 Å². The van der Waals surface area contributed by atoms with Crippen molar-refractivity contribution < 1.29 is 19.7 Å². The van der Waals surface area contributed by atoms with Crippen LogP contribution in [0.2, 0.25) is 0 Å². The lowest BCUT2D eigenvalue weighted by Gasteiger charge is -2.13. The van der Waals surface area contributed by atoms with Crippen LogP contribution in [0.1, 0.15) is 34.1 Å². The molecule has 1 aromatic heterocycles. The summed E-state index contributed by atoms with van der Waals surface area (Å²) in [5, 5.41) is 19.6. The summed E-state index contributed by atoms with van der Waals surface area (Å²) in [7, 11) is 0. The molecule has 0 fully saturated rings. The zero-order chi connectivity index (χ0) is 12.8. The molecule has 0 bridgehead atoms. The van der Waals surface area contributed by atoms with Crippen molar-refractivity contribution in [2.45, 2.75) is 25.6 Å². The molecule has 1 heterocycles. The summed E-state index contributed by atoms with van der Waals surface area (Å²) in [5.41, 5.74) is 0. The number of aliphatic hydroxyl groups is 2. The van der Waals surface area contributed by atoms with E-state index in [0.29, 0.717) is 4.88 Å². The average molecular weight is 280 g/mol. The zero-order valence-corrected chi connectivity index (χ0v) is 10.9. The van der Waals surface area contributed by atoms with Crippen LogP contribution in [0.4, 0.5) is 0 Å². The van der Waals surface area contributed by atoms with Crippen LogP contribution >= 0.6 is 22.9 Å². The van der Waals surface area contributed by atoms with Crippen molar-refractivity contribution in [3.8, 4) is 0 Å². The molecule has 0 radical (unpaired) electrons. The minimum absolute atomic E-state index is 0.244. The molecule has 7 heteroatoms. The number of ether oxygens (including phenoxy) is 1. The Balaban J connectivity index is 2.70. The Labute approximate surface area is 108 Å². The predicted molar refractivity (Wildman–Crippen MR) is 64.4 cm³/mol. The fraction of sp³-hybridized carbons (Fsp3) is 0.600. The molecule has 0 amide bonds. The minimum atomic E-state index is -1.12. The third kappa shape index (κ3) is 3.92. The van der Waals surface area contributed by atoms with Gasteiger partial charge in [0.25, 0.3) is 0 Å². The molecule has 5 nitrogen and oxygen atoms in total. The van der Waals surface area contributed by atoms with Crippen molar-refractivity contribution in [2.24, 2.45) is 0 Å². The van der Waals surface area contributed by atoms with E-state index < -0.39 is 18.2 Å². The summed E-state index contributed by atoms with van der Waals surface area (Å²) < 4.78 is 4.80. The Bertz CT molecular complexity index is 371. The number of alkyl halides is 1. The van der Waals surface area contributed by atoms with Gasteiger partial charge in [0.1, 0.15) is 16.0 Å². The van der Waals surface area contributed by atoms with Gasteiger partial charge >= 0.3 is 5.97 Å². The second kappa shape index (κ2) is 6.90. The van der Waals surface area contributed by atoms with Crippen LogP contribution in [0.3, 0.4) is 0 Å². The molecule has 0 aliphatic carbocycles. The maximum Gasteiger partial charge on any atom is 0.349 e. The highest BCUT2D eigenvalue weighted by molar-refractivity contribution is 7.13. The molecule has 0 spiro atoms. The molecule has 0 saturated carbocycles. The Morgan fingerprint density at radius 3 is 2.94 bits per heavy atom. The first-order valence-corrected chi connectivity index (χ1v) is 6.50. The maximum absolute atomic E-state index is 11.4. The van der Waals surface area contributed by atoms with Gasteiger partial charge < -0.3 is 14.9 Å². The van der Waals surface area contributed by atoms with Crippen molar-refractivity contribution in [3.05, 3.63) is 16.1 Å². The van der Waals surface area contributed by atoms with Gasteiger partial charge in [-0.2, -0.15) is 0 Å². The van der Waals surface area contributed by atoms with E-state index in [4.69, 9.17) is 16.3 Å². The topological polar surface area (TPSA) is 79.7 Å². The molecule has 0 saturated heterocycles. The van der Waals surface area contributed by atoms with Gasteiger partial charge in [0.2, 0.25) is 0 Å². The Morgan fingerprint density at radius 1 is 1.65 bits per heavy atom. The maximum atomic E-state index is 11.4. The largest absolute Gasteiger partial charge is 0.462 e. The smallest absolute Gasteiger partial charge is 0.349 e. The summed E-state index contributed by atoms with van der Waals surface area (Å²) in [6.07, 6.45) is -0.512. The second-order valence-electron chi connectivity index (χ2n) is 3.27. The molecule has 96 valence electrons. The number of hydrogen-bond acceptors (Lipinski definition) is 6. The van der Waals surface area contributed by atoms with Gasteiger partial charge in [-0.05, 0) is 13.3 Å². The Hall–Kier alpha value is -0.690. The highest BCUT2D eigenvalue weighted by atomic mass is 35.5. The standard InChI is InChI=1S/C10H14ClNO4S/c1-2-16-10(15)7-5-12-9(17-7)8(14)6(13)3-4-11/h5-6,8,13-14H,2-4H2,1H3. The number of carbonyl (C=O) groups is 1. The van der Waals surface area contributed by atoms with Crippen LogP contribution in [0.15, 0.2) is 6.20 Å². The number of thiazole rings is 1. The minimum Gasteiger partial charge on any atom is -0.462 e. The number of aromatic nitrogens is 1. The first-order chi connectivity index (χ1) is 8.10. The predicted octanol–water partition coefficient (Wildman–Crippen LogP) is 1.34. The number of esters is 1. The first-order valence-electron chi connectivity index (χ1n) is 5.15. The molecule has 0 aliphatic rings. The van der Waals surface area contributed by atoms with E-state index in [2.05, 4.69) is 4.98 Å². The van der Waals surface area contributed by atoms with E-state index in [1.54, 1.807) is 6.92 Å². The SMILES string of the molecule is CCOC(=O)c1cnc(C(O)C(O)CCCl)s1. The van der Waals surface area contributed by atoms with E-state index in [1.807, 2.05) is 0 Å². The Kier molecular flexibility index (Phi) is 5.84. The summed E-state index contributed by atoms with van der Waals surface area (Å²) in [6, 6.07) is 0. The van der Waals surface area contributed by atoms with E-state index in [-0.39, 0.29) is 23.9 Å². The molecular formula is C10H14ClNO4S. The number of hydrogen-bond donors (Lipinski definition) is 2. The molecule has 2 unspecified atom stereocenters. The molecule has 2 N–H and O–H groups in total. The van der Waals surface area contributed by atoms with Crippen LogP contribution in [-0.2, 0) is 4.74 Å². The number of carbonyl (C=O) groups excluding carboxylic acids is 1. The summed E-state index contributed by atoms with van der Waals surface area (Å²) in [4.78, 5) is 15.6. The molecule has 0 aromatic carbocycles. The Morgan fingerprint density at radius 2 is 2.35 bits per heavy atom. The lowest BCUT2D eigenvalue weighted by atomic mass is 10.2. The molecule has 1 aromatic rings. The van der Waals surface area contributed by atoms with Crippen LogP contribution in [0.5, 0.6) is 0 Å². The number of nitrogens with zero attached hydrogens (tertiary/aromatic N) is 1. The monoisotopic (exact) mass is 279 g/mol. The van der Waals surface area contributed by atoms with Crippen molar-refractivity contribution in [2.75, 3.05) is 12.5 Å². The van der Waals surface area contributed by atoms with E-state index in [0.717, 1.165) is 11.3 Å². The lowest BCUT2D eigenvalue weighted by molar-refractivity contribution is 0.0169.